The zero-order valence-electron chi connectivity index (χ0n) is 9.26. The standard InChI is InChI=1S/C8H7NO4S.C2H6/c1-13-8(10)6-4-5(14)2-3-7(6)9(11)12;1-2/h2-4,14H,1H3;1-2H3. The molecule has 0 unspecified atom stereocenters. The molecule has 0 atom stereocenters. The summed E-state index contributed by atoms with van der Waals surface area (Å²) in [5.74, 6) is -0.743. The first-order chi connectivity index (χ1) is 7.56. The highest BCUT2D eigenvalue weighted by Gasteiger charge is 2.20. The predicted molar refractivity (Wildman–Crippen MR) is 63.0 cm³/mol. The molecular formula is C10H13NO4S. The summed E-state index contributed by atoms with van der Waals surface area (Å²) in [7, 11) is 1.16. The Morgan fingerprint density at radius 1 is 1.44 bits per heavy atom. The van der Waals surface area contributed by atoms with Gasteiger partial charge in [0.15, 0.2) is 0 Å². The minimum atomic E-state index is -0.743. The molecule has 0 radical (unpaired) electrons. The smallest absolute Gasteiger partial charge is 0.344 e. The Kier molecular flexibility index (Phi) is 6.17. The van der Waals surface area contributed by atoms with Crippen molar-refractivity contribution in [3.8, 4) is 0 Å². The highest BCUT2D eigenvalue weighted by Crippen LogP contribution is 2.22. The highest BCUT2D eigenvalue weighted by atomic mass is 32.1. The van der Waals surface area contributed by atoms with Crippen LogP contribution in [0.15, 0.2) is 23.1 Å². The molecule has 1 rings (SSSR count). The Labute approximate surface area is 99.0 Å². The summed E-state index contributed by atoms with van der Waals surface area (Å²) >= 11 is 3.97. The molecule has 0 spiro atoms. The largest absolute Gasteiger partial charge is 0.465 e. The molecule has 16 heavy (non-hydrogen) atoms. The molecular weight excluding hydrogens is 230 g/mol. The number of carbonyl (C=O) groups is 1. The summed E-state index contributed by atoms with van der Waals surface area (Å²) in [5, 5.41) is 10.5. The Hall–Kier alpha value is -1.56. The van der Waals surface area contributed by atoms with Crippen LogP contribution in [0.25, 0.3) is 0 Å². The molecule has 0 saturated heterocycles. The van der Waals surface area contributed by atoms with E-state index in [0.717, 1.165) is 7.11 Å². The van der Waals surface area contributed by atoms with E-state index in [2.05, 4.69) is 17.4 Å². The minimum Gasteiger partial charge on any atom is -0.465 e. The molecule has 0 bridgehead atoms. The van der Waals surface area contributed by atoms with Gasteiger partial charge in [0, 0.05) is 11.0 Å². The summed E-state index contributed by atoms with van der Waals surface area (Å²) in [4.78, 5) is 21.5. The van der Waals surface area contributed by atoms with E-state index in [1.54, 1.807) is 0 Å². The molecule has 0 aromatic heterocycles. The van der Waals surface area contributed by atoms with E-state index < -0.39 is 10.9 Å². The number of esters is 1. The van der Waals surface area contributed by atoms with Crippen LogP contribution < -0.4 is 0 Å². The van der Waals surface area contributed by atoms with E-state index in [1.165, 1.54) is 18.2 Å². The zero-order valence-corrected chi connectivity index (χ0v) is 10.2. The van der Waals surface area contributed by atoms with Crippen LogP contribution in [0.2, 0.25) is 0 Å². The second-order valence-corrected chi connectivity index (χ2v) is 2.97. The lowest BCUT2D eigenvalue weighted by molar-refractivity contribution is -0.385. The molecule has 1 aromatic rings. The van der Waals surface area contributed by atoms with Crippen molar-refractivity contribution in [1.29, 1.82) is 0 Å². The zero-order chi connectivity index (χ0) is 12.7. The van der Waals surface area contributed by atoms with Crippen molar-refractivity contribution in [2.24, 2.45) is 0 Å². The van der Waals surface area contributed by atoms with Crippen LogP contribution >= 0.6 is 12.6 Å². The number of benzene rings is 1. The van der Waals surface area contributed by atoms with Gasteiger partial charge in [-0.25, -0.2) is 4.79 Å². The lowest BCUT2D eigenvalue weighted by Crippen LogP contribution is -2.05. The number of nitro benzene ring substituents is 1. The SMILES string of the molecule is CC.COC(=O)c1cc(S)ccc1[N+](=O)[O-]. The molecule has 6 heteroatoms. The summed E-state index contributed by atoms with van der Waals surface area (Å²) in [6.07, 6.45) is 0. The summed E-state index contributed by atoms with van der Waals surface area (Å²) in [6, 6.07) is 3.95. The molecule has 0 saturated carbocycles. The molecule has 0 amide bonds. The number of nitrogens with zero attached hydrogens (tertiary/aromatic N) is 1. The summed E-state index contributed by atoms with van der Waals surface area (Å²) in [5.41, 5.74) is -0.375. The lowest BCUT2D eigenvalue weighted by atomic mass is 10.2. The van der Waals surface area contributed by atoms with Gasteiger partial charge in [-0.05, 0) is 12.1 Å². The van der Waals surface area contributed by atoms with Gasteiger partial charge in [-0.1, -0.05) is 13.8 Å². The maximum Gasteiger partial charge on any atom is 0.344 e. The van der Waals surface area contributed by atoms with Crippen molar-refractivity contribution < 1.29 is 14.5 Å². The van der Waals surface area contributed by atoms with Crippen molar-refractivity contribution in [3.63, 3.8) is 0 Å². The first-order valence-corrected chi connectivity index (χ1v) is 5.06. The average Bonchev–Trinajstić information content (AvgIpc) is 2.30. The normalized spacial score (nSPS) is 8.75. The van der Waals surface area contributed by atoms with Gasteiger partial charge in [0.25, 0.3) is 5.69 Å². The van der Waals surface area contributed by atoms with Crippen molar-refractivity contribution in [2.45, 2.75) is 18.7 Å². The van der Waals surface area contributed by atoms with Crippen LogP contribution in [0, 0.1) is 10.1 Å². The van der Waals surface area contributed by atoms with Gasteiger partial charge in [-0.3, -0.25) is 10.1 Å². The lowest BCUT2D eigenvalue weighted by Gasteiger charge is -2.01. The van der Waals surface area contributed by atoms with E-state index in [9.17, 15) is 14.9 Å². The number of carbonyl (C=O) groups excluding carboxylic acids is 1. The van der Waals surface area contributed by atoms with Crippen LogP contribution in [0.3, 0.4) is 0 Å². The molecule has 0 N–H and O–H groups in total. The Morgan fingerprint density at radius 3 is 2.44 bits per heavy atom. The number of rotatable bonds is 2. The monoisotopic (exact) mass is 243 g/mol. The number of methoxy groups -OCH3 is 1. The van der Waals surface area contributed by atoms with Crippen molar-refractivity contribution in [2.75, 3.05) is 7.11 Å². The van der Waals surface area contributed by atoms with Gasteiger partial charge in [0.05, 0.1) is 12.0 Å². The third-order valence-corrected chi connectivity index (χ3v) is 1.86. The molecule has 0 aliphatic carbocycles. The van der Waals surface area contributed by atoms with Crippen LogP contribution in [-0.4, -0.2) is 18.0 Å². The summed E-state index contributed by atoms with van der Waals surface area (Å²) in [6.45, 7) is 4.00. The van der Waals surface area contributed by atoms with E-state index in [4.69, 9.17) is 0 Å². The fourth-order valence-electron chi connectivity index (χ4n) is 0.957. The molecule has 88 valence electrons. The van der Waals surface area contributed by atoms with Gasteiger partial charge >= 0.3 is 5.97 Å². The second kappa shape index (κ2) is 6.84. The predicted octanol–water partition coefficient (Wildman–Crippen LogP) is 2.70. The first kappa shape index (κ1) is 14.4. The number of ether oxygens (including phenoxy) is 1. The molecule has 1 aromatic carbocycles. The molecule has 0 aliphatic rings. The third-order valence-electron chi connectivity index (χ3n) is 1.58. The van der Waals surface area contributed by atoms with Crippen LogP contribution in [0.5, 0.6) is 0 Å². The Morgan fingerprint density at radius 2 is 2.00 bits per heavy atom. The van der Waals surface area contributed by atoms with Crippen LogP contribution in [0.1, 0.15) is 24.2 Å². The fourth-order valence-corrected chi connectivity index (χ4v) is 1.16. The number of hydrogen-bond donors (Lipinski definition) is 1. The number of nitro groups is 1. The van der Waals surface area contributed by atoms with Gasteiger partial charge < -0.3 is 4.74 Å². The van der Waals surface area contributed by atoms with Crippen molar-refractivity contribution in [1.82, 2.24) is 0 Å². The van der Waals surface area contributed by atoms with Crippen LogP contribution in [-0.2, 0) is 4.74 Å². The quantitative estimate of drug-likeness (QED) is 0.375. The van der Waals surface area contributed by atoms with E-state index >= 15 is 0 Å². The van der Waals surface area contributed by atoms with Crippen LogP contribution in [0.4, 0.5) is 5.69 Å². The minimum absolute atomic E-state index is 0.0926. The van der Waals surface area contributed by atoms with Crippen molar-refractivity contribution >= 4 is 24.3 Å². The number of thiol groups is 1. The second-order valence-electron chi connectivity index (χ2n) is 2.45. The number of hydrogen-bond acceptors (Lipinski definition) is 5. The van der Waals surface area contributed by atoms with Gasteiger partial charge in [-0.2, -0.15) is 0 Å². The van der Waals surface area contributed by atoms with E-state index in [0.29, 0.717) is 4.90 Å². The highest BCUT2D eigenvalue weighted by molar-refractivity contribution is 7.80. The Balaban J connectivity index is 0.00000106. The van der Waals surface area contributed by atoms with Crippen molar-refractivity contribution in [3.05, 3.63) is 33.9 Å². The van der Waals surface area contributed by atoms with Gasteiger partial charge in [0.1, 0.15) is 5.56 Å². The average molecular weight is 243 g/mol. The first-order valence-electron chi connectivity index (χ1n) is 4.62. The molecule has 5 nitrogen and oxygen atoms in total. The molecule has 0 heterocycles. The maximum absolute atomic E-state index is 11.1. The summed E-state index contributed by atoms with van der Waals surface area (Å²) < 4.78 is 4.40. The van der Waals surface area contributed by atoms with Gasteiger partial charge in [-0.15, -0.1) is 12.6 Å². The maximum atomic E-state index is 11.1. The van der Waals surface area contributed by atoms with E-state index in [-0.39, 0.29) is 11.3 Å². The third kappa shape index (κ3) is 3.54. The Bertz CT molecular complexity index is 392. The van der Waals surface area contributed by atoms with Gasteiger partial charge in [0.2, 0.25) is 0 Å². The topological polar surface area (TPSA) is 69.4 Å². The fraction of sp³-hybridized carbons (Fsp3) is 0.300. The molecule has 0 fully saturated rings. The van der Waals surface area contributed by atoms with E-state index in [1.807, 2.05) is 13.8 Å². The molecule has 0 aliphatic heterocycles.